The van der Waals surface area contributed by atoms with Crippen molar-refractivity contribution in [2.24, 2.45) is 0 Å². The molecular weight excluding hydrogens is 432 g/mol. The third-order valence-corrected chi connectivity index (χ3v) is 4.06. The van der Waals surface area contributed by atoms with E-state index in [4.69, 9.17) is 9.94 Å². The largest absolute Gasteiger partial charge is 0.508 e. The fraction of sp³-hybridized carbons (Fsp3) is 0.105. The minimum Gasteiger partial charge on any atom is -0.508 e. The molecule has 0 bridgehead atoms. The molecule has 0 saturated carbocycles. The number of aromatic hydroxyl groups is 1. The third-order valence-electron chi connectivity index (χ3n) is 3.57. The van der Waals surface area contributed by atoms with Gasteiger partial charge >= 0.3 is 6.09 Å². The summed E-state index contributed by atoms with van der Waals surface area (Å²) in [6, 6.07) is 12.7. The van der Waals surface area contributed by atoms with Gasteiger partial charge in [-0.2, -0.15) is 0 Å². The molecule has 0 heterocycles. The molecule has 0 radical (unpaired) electrons. The van der Waals surface area contributed by atoms with E-state index in [1.54, 1.807) is 30.3 Å². The van der Waals surface area contributed by atoms with Crippen molar-refractivity contribution in [2.75, 3.05) is 0 Å². The summed E-state index contributed by atoms with van der Waals surface area (Å²) in [7, 11) is 0. The lowest BCUT2D eigenvalue weighted by Crippen LogP contribution is -2.32. The van der Waals surface area contributed by atoms with E-state index in [0.29, 0.717) is 4.47 Å². The van der Waals surface area contributed by atoms with Gasteiger partial charge in [0.2, 0.25) is 0 Å². The first-order chi connectivity index (χ1) is 13.4. The maximum Gasteiger partial charge on any atom is 0.414 e. The van der Waals surface area contributed by atoms with Gasteiger partial charge in [-0.25, -0.2) is 10.3 Å². The average molecular weight is 449 g/mol. The van der Waals surface area contributed by atoms with E-state index in [2.05, 4.69) is 21.2 Å². The first kappa shape index (κ1) is 21.1. The Kier molecular flexibility index (Phi) is 7.73. The molecule has 28 heavy (non-hydrogen) atoms. The molecule has 0 aromatic heterocycles. The summed E-state index contributed by atoms with van der Waals surface area (Å²) >= 11 is 3.27. The number of nitrogens with one attached hydrogen (secondary N) is 2. The van der Waals surface area contributed by atoms with Crippen LogP contribution in [0, 0.1) is 0 Å². The summed E-state index contributed by atoms with van der Waals surface area (Å²) in [4.78, 5) is 35.3. The van der Waals surface area contributed by atoms with Crippen molar-refractivity contribution in [3.8, 4) is 5.75 Å². The average Bonchev–Trinajstić information content (AvgIpc) is 2.69. The van der Waals surface area contributed by atoms with Crippen molar-refractivity contribution in [3.05, 3.63) is 76.3 Å². The van der Waals surface area contributed by atoms with Crippen molar-refractivity contribution in [3.63, 3.8) is 0 Å². The zero-order valence-corrected chi connectivity index (χ0v) is 16.0. The number of phenolic OH excluding ortho intramolecular Hbond substituents is 1. The van der Waals surface area contributed by atoms with E-state index in [9.17, 15) is 19.5 Å². The van der Waals surface area contributed by atoms with E-state index in [0.717, 1.165) is 6.08 Å². The van der Waals surface area contributed by atoms with Crippen LogP contribution in [0.2, 0.25) is 0 Å². The molecule has 0 spiro atoms. The van der Waals surface area contributed by atoms with Gasteiger partial charge in [-0.05, 0) is 30.3 Å². The maximum absolute atomic E-state index is 12.2. The summed E-state index contributed by atoms with van der Waals surface area (Å²) in [5, 5.41) is 20.7. The fourth-order valence-electron chi connectivity index (χ4n) is 2.27. The molecular formula is C19H17BrN2O6. The van der Waals surface area contributed by atoms with Crippen LogP contribution >= 0.6 is 15.9 Å². The number of hydroxylamine groups is 1. The minimum absolute atomic E-state index is 0.00435. The summed E-state index contributed by atoms with van der Waals surface area (Å²) in [5.74, 6) is -1.53. The molecule has 0 aliphatic carbocycles. The topological polar surface area (TPSA) is 125 Å². The molecule has 2 aromatic rings. The predicted octanol–water partition coefficient (Wildman–Crippen LogP) is 3.21. The molecule has 3 amide bonds. The molecule has 8 nitrogen and oxygen atoms in total. The van der Waals surface area contributed by atoms with Crippen LogP contribution in [0.3, 0.4) is 0 Å². The van der Waals surface area contributed by atoms with Crippen LogP contribution in [0.15, 0.2) is 65.2 Å². The second-order valence-electron chi connectivity index (χ2n) is 5.53. The van der Waals surface area contributed by atoms with Crippen LogP contribution in [0.1, 0.15) is 28.4 Å². The Labute approximate surface area is 168 Å². The van der Waals surface area contributed by atoms with E-state index in [1.165, 1.54) is 29.8 Å². The van der Waals surface area contributed by atoms with E-state index in [-0.39, 0.29) is 23.3 Å². The lowest BCUT2D eigenvalue weighted by atomic mass is 10.0. The predicted molar refractivity (Wildman–Crippen MR) is 103 cm³/mol. The summed E-state index contributed by atoms with van der Waals surface area (Å²) < 4.78 is 5.91. The second kappa shape index (κ2) is 10.2. The third kappa shape index (κ3) is 6.22. The number of carbonyl (C=O) groups is 3. The quantitative estimate of drug-likeness (QED) is 0.305. The van der Waals surface area contributed by atoms with Crippen molar-refractivity contribution in [1.29, 1.82) is 0 Å². The highest BCUT2D eigenvalue weighted by molar-refractivity contribution is 9.10. The number of amides is 3. The van der Waals surface area contributed by atoms with Crippen molar-refractivity contribution in [2.45, 2.75) is 12.5 Å². The van der Waals surface area contributed by atoms with Crippen LogP contribution in [0.4, 0.5) is 4.79 Å². The lowest BCUT2D eigenvalue weighted by Gasteiger charge is -2.18. The Balaban J connectivity index is 2.15. The van der Waals surface area contributed by atoms with Gasteiger partial charge in [-0.3, -0.25) is 20.1 Å². The summed E-state index contributed by atoms with van der Waals surface area (Å²) in [6.45, 7) is 0. The first-order valence-electron chi connectivity index (χ1n) is 8.06. The molecule has 1 atom stereocenters. The Hall–Kier alpha value is -3.17. The van der Waals surface area contributed by atoms with Gasteiger partial charge in [0.15, 0.2) is 0 Å². The monoisotopic (exact) mass is 448 g/mol. The SMILES string of the molecule is O=C(/C=C/C[C@H](OC(=O)NC(=O)c1ccccc1)c1cc(Br)ccc1O)NO. The van der Waals surface area contributed by atoms with Gasteiger partial charge in [-0.1, -0.05) is 40.2 Å². The Morgan fingerprint density at radius 3 is 2.54 bits per heavy atom. The van der Waals surface area contributed by atoms with Crippen LogP contribution < -0.4 is 10.8 Å². The molecule has 2 aromatic carbocycles. The molecule has 0 saturated heterocycles. The molecule has 4 N–H and O–H groups in total. The Morgan fingerprint density at radius 1 is 1.14 bits per heavy atom. The minimum atomic E-state index is -1.02. The number of alkyl carbamates (subject to hydrolysis) is 1. The standard InChI is InChI=1S/C19H17BrN2O6/c20-13-9-10-15(23)14(11-13)16(7-4-8-17(24)22-27)28-19(26)21-18(25)12-5-2-1-3-6-12/h1-6,8-11,16,23,27H,7H2,(H,22,24)(H,21,25,26)/b8-4+/t16-/m0/s1. The Bertz CT molecular complexity index is 885. The molecule has 0 aliphatic heterocycles. The number of hydrogen-bond donors (Lipinski definition) is 4. The number of hydrogen-bond acceptors (Lipinski definition) is 6. The smallest absolute Gasteiger partial charge is 0.414 e. The normalized spacial score (nSPS) is 11.6. The molecule has 0 fully saturated rings. The molecule has 0 unspecified atom stereocenters. The highest BCUT2D eigenvalue weighted by Gasteiger charge is 2.21. The Morgan fingerprint density at radius 2 is 1.86 bits per heavy atom. The number of halogens is 1. The number of carbonyl (C=O) groups excluding carboxylic acids is 3. The summed E-state index contributed by atoms with van der Waals surface area (Å²) in [6.07, 6.45) is 0.383. The summed E-state index contributed by atoms with van der Waals surface area (Å²) in [5.41, 5.74) is 1.98. The molecule has 2 rings (SSSR count). The van der Waals surface area contributed by atoms with Gasteiger partial charge < -0.3 is 9.84 Å². The van der Waals surface area contributed by atoms with Crippen molar-refractivity contribution >= 4 is 33.8 Å². The lowest BCUT2D eigenvalue weighted by molar-refractivity contribution is -0.124. The van der Waals surface area contributed by atoms with E-state index in [1.807, 2.05) is 0 Å². The number of benzene rings is 2. The number of ether oxygens (including phenoxy) is 1. The molecule has 9 heteroatoms. The van der Waals surface area contributed by atoms with E-state index < -0.39 is 24.0 Å². The van der Waals surface area contributed by atoms with Crippen molar-refractivity contribution < 1.29 is 29.4 Å². The van der Waals surface area contributed by atoms with Gasteiger partial charge in [0.25, 0.3) is 11.8 Å². The maximum atomic E-state index is 12.2. The van der Waals surface area contributed by atoms with Gasteiger partial charge in [0.05, 0.1) is 0 Å². The van der Waals surface area contributed by atoms with Gasteiger partial charge in [-0.15, -0.1) is 0 Å². The van der Waals surface area contributed by atoms with E-state index >= 15 is 0 Å². The first-order valence-corrected chi connectivity index (χ1v) is 8.86. The fourth-order valence-corrected chi connectivity index (χ4v) is 2.65. The molecule has 146 valence electrons. The second-order valence-corrected chi connectivity index (χ2v) is 6.45. The zero-order chi connectivity index (χ0) is 20.5. The number of rotatable bonds is 6. The highest BCUT2D eigenvalue weighted by atomic mass is 79.9. The molecule has 0 aliphatic rings. The zero-order valence-electron chi connectivity index (χ0n) is 14.5. The van der Waals surface area contributed by atoms with Crippen LogP contribution in [0.5, 0.6) is 5.75 Å². The number of phenols is 1. The van der Waals surface area contributed by atoms with Crippen LogP contribution in [-0.2, 0) is 9.53 Å². The van der Waals surface area contributed by atoms with Crippen LogP contribution in [-0.4, -0.2) is 28.2 Å². The van der Waals surface area contributed by atoms with Gasteiger partial charge in [0.1, 0.15) is 11.9 Å². The number of imide groups is 1. The highest BCUT2D eigenvalue weighted by Crippen LogP contribution is 2.32. The van der Waals surface area contributed by atoms with Gasteiger partial charge in [0, 0.05) is 28.1 Å². The van der Waals surface area contributed by atoms with Crippen molar-refractivity contribution in [1.82, 2.24) is 10.8 Å². The van der Waals surface area contributed by atoms with Crippen LogP contribution in [0.25, 0.3) is 0 Å².